The normalized spacial score (nSPS) is 18.0. The van der Waals surface area contributed by atoms with Gasteiger partial charge >= 0.3 is 0 Å². The molecule has 0 bridgehead atoms. The molecule has 1 saturated heterocycles. The van der Waals surface area contributed by atoms with Crippen LogP contribution in [0.15, 0.2) is 64.0 Å². The van der Waals surface area contributed by atoms with Crippen LogP contribution >= 0.6 is 11.8 Å². The van der Waals surface area contributed by atoms with Crippen molar-refractivity contribution in [2.24, 2.45) is 0 Å². The van der Waals surface area contributed by atoms with Gasteiger partial charge in [0.2, 0.25) is 5.91 Å². The maximum atomic E-state index is 13.5. The van der Waals surface area contributed by atoms with Crippen LogP contribution in [0.1, 0.15) is 44.3 Å². The molecule has 5 rings (SSSR count). The molecule has 1 fully saturated rings. The molecular weight excluding hydrogens is 467 g/mol. The maximum absolute atomic E-state index is 13.5. The third-order valence-electron chi connectivity index (χ3n) is 6.36. The first-order chi connectivity index (χ1) is 17.2. The third-order valence-corrected chi connectivity index (χ3v) is 7.31. The quantitative estimate of drug-likeness (QED) is 0.368. The van der Waals surface area contributed by atoms with Crippen molar-refractivity contribution in [3.8, 4) is 11.4 Å². The minimum atomic E-state index is -0.298. The molecule has 35 heavy (non-hydrogen) atoms. The van der Waals surface area contributed by atoms with Crippen LogP contribution in [0.2, 0.25) is 0 Å². The van der Waals surface area contributed by atoms with Gasteiger partial charge in [-0.05, 0) is 74.9 Å². The van der Waals surface area contributed by atoms with Gasteiger partial charge in [0, 0.05) is 17.9 Å². The van der Waals surface area contributed by atoms with E-state index in [9.17, 15) is 9.18 Å². The summed E-state index contributed by atoms with van der Waals surface area (Å²) in [5, 5.41) is 9.45. The van der Waals surface area contributed by atoms with Crippen LogP contribution in [-0.4, -0.2) is 44.0 Å². The van der Waals surface area contributed by atoms with Gasteiger partial charge in [-0.15, -0.1) is 10.2 Å². The van der Waals surface area contributed by atoms with Gasteiger partial charge in [0.25, 0.3) is 0 Å². The Morgan fingerprint density at radius 2 is 2.06 bits per heavy atom. The summed E-state index contributed by atoms with van der Waals surface area (Å²) < 4.78 is 26.9. The molecule has 0 saturated carbocycles. The van der Waals surface area contributed by atoms with Crippen molar-refractivity contribution in [2.75, 3.05) is 12.4 Å². The number of carbonyl (C=O) groups excluding carboxylic acids is 1. The molecule has 1 aliphatic heterocycles. The molecule has 7 nitrogen and oxygen atoms in total. The average Bonchev–Trinajstić information content (AvgIpc) is 3.66. The first kappa shape index (κ1) is 23.8. The van der Waals surface area contributed by atoms with Crippen LogP contribution < -0.4 is 0 Å². The Morgan fingerprint density at radius 3 is 2.77 bits per heavy atom. The number of benzene rings is 1. The average molecular weight is 497 g/mol. The van der Waals surface area contributed by atoms with E-state index >= 15 is 0 Å². The zero-order valence-electron chi connectivity index (χ0n) is 19.6. The highest BCUT2D eigenvalue weighted by Gasteiger charge is 2.25. The summed E-state index contributed by atoms with van der Waals surface area (Å²) in [6, 6.07) is 9.97. The standard InChI is InChI=1S/C26H29FN4O3S/c27-20-12-10-19(11-13-20)25-28-29-26(31(25)17-23-9-5-15-34-23)35-18-24(32)30(16-22-8-4-14-33-22)21-6-2-1-3-7-21/h4,6,8,10-14,23H,1-3,5,7,9,15-18H2. The zero-order valence-corrected chi connectivity index (χ0v) is 20.4. The number of amides is 1. The Morgan fingerprint density at radius 1 is 1.17 bits per heavy atom. The monoisotopic (exact) mass is 496 g/mol. The lowest BCUT2D eigenvalue weighted by Gasteiger charge is -2.27. The van der Waals surface area contributed by atoms with E-state index in [2.05, 4.69) is 16.3 Å². The third kappa shape index (κ3) is 5.85. The van der Waals surface area contributed by atoms with E-state index in [0.29, 0.717) is 24.1 Å². The summed E-state index contributed by atoms with van der Waals surface area (Å²) in [5.41, 5.74) is 1.84. The lowest BCUT2D eigenvalue weighted by molar-refractivity contribution is -0.127. The highest BCUT2D eigenvalue weighted by molar-refractivity contribution is 7.99. The number of thioether (sulfide) groups is 1. The highest BCUT2D eigenvalue weighted by atomic mass is 32.2. The van der Waals surface area contributed by atoms with Gasteiger partial charge in [0.15, 0.2) is 11.0 Å². The molecular formula is C26H29FN4O3S. The van der Waals surface area contributed by atoms with Crippen molar-refractivity contribution in [3.63, 3.8) is 0 Å². The fourth-order valence-electron chi connectivity index (χ4n) is 4.54. The van der Waals surface area contributed by atoms with Crippen molar-refractivity contribution >= 4 is 17.7 Å². The fraction of sp³-hybridized carbons (Fsp3) is 0.423. The van der Waals surface area contributed by atoms with Crippen LogP contribution in [0.4, 0.5) is 4.39 Å². The summed E-state index contributed by atoms with van der Waals surface area (Å²) >= 11 is 1.37. The van der Waals surface area contributed by atoms with Crippen LogP contribution in [-0.2, 0) is 22.6 Å². The van der Waals surface area contributed by atoms with E-state index in [-0.39, 0.29) is 23.6 Å². The number of carbonyl (C=O) groups is 1. The second-order valence-corrected chi connectivity index (χ2v) is 9.79. The number of ether oxygens (including phenoxy) is 1. The SMILES string of the molecule is O=C(CSc1nnc(-c2ccc(F)cc2)n1CC1CCCO1)N(Cc1ccco1)C1=CCCCC1. The second-order valence-electron chi connectivity index (χ2n) is 8.85. The molecule has 2 aromatic heterocycles. The van der Waals surface area contributed by atoms with E-state index in [1.165, 1.54) is 23.9 Å². The summed E-state index contributed by atoms with van der Waals surface area (Å²) in [7, 11) is 0. The number of aromatic nitrogens is 3. The maximum Gasteiger partial charge on any atom is 0.237 e. The first-order valence-electron chi connectivity index (χ1n) is 12.1. The zero-order chi connectivity index (χ0) is 24.0. The molecule has 9 heteroatoms. The van der Waals surface area contributed by atoms with Crippen molar-refractivity contribution in [3.05, 3.63) is 66.0 Å². The molecule has 184 valence electrons. The van der Waals surface area contributed by atoms with Gasteiger partial charge in [-0.3, -0.25) is 9.36 Å². The molecule has 1 amide bonds. The van der Waals surface area contributed by atoms with E-state index in [1.54, 1.807) is 18.4 Å². The smallest absolute Gasteiger partial charge is 0.237 e. The summed E-state index contributed by atoms with van der Waals surface area (Å²) in [5.74, 6) is 1.35. The van der Waals surface area contributed by atoms with Crippen LogP contribution in [0.5, 0.6) is 0 Å². The highest BCUT2D eigenvalue weighted by Crippen LogP contribution is 2.29. The Bertz CT molecular complexity index is 1150. The minimum absolute atomic E-state index is 0.00884. The van der Waals surface area contributed by atoms with E-state index in [0.717, 1.165) is 62.2 Å². The first-order valence-corrected chi connectivity index (χ1v) is 13.1. The lowest BCUT2D eigenvalue weighted by atomic mass is 10.0. The second kappa shape index (κ2) is 11.2. The van der Waals surface area contributed by atoms with E-state index in [4.69, 9.17) is 9.15 Å². The Balaban J connectivity index is 1.35. The molecule has 0 N–H and O–H groups in total. The molecule has 0 spiro atoms. The summed E-state index contributed by atoms with van der Waals surface area (Å²) in [4.78, 5) is 15.3. The summed E-state index contributed by atoms with van der Waals surface area (Å²) in [6.45, 7) is 1.76. The Labute approximate surface area is 208 Å². The van der Waals surface area contributed by atoms with Gasteiger partial charge in [0.05, 0.1) is 31.2 Å². The molecule has 2 aliphatic rings. The van der Waals surface area contributed by atoms with Gasteiger partial charge in [0.1, 0.15) is 11.6 Å². The fourth-order valence-corrected chi connectivity index (χ4v) is 5.37. The molecule has 1 aromatic carbocycles. The number of halogens is 1. The minimum Gasteiger partial charge on any atom is -0.467 e. The van der Waals surface area contributed by atoms with Gasteiger partial charge in [-0.2, -0.15) is 0 Å². The number of allylic oxidation sites excluding steroid dienone is 2. The molecule has 0 radical (unpaired) electrons. The topological polar surface area (TPSA) is 73.4 Å². The lowest BCUT2D eigenvalue weighted by Crippen LogP contribution is -2.32. The largest absolute Gasteiger partial charge is 0.467 e. The van der Waals surface area contributed by atoms with Gasteiger partial charge < -0.3 is 14.1 Å². The van der Waals surface area contributed by atoms with Crippen LogP contribution in [0.3, 0.4) is 0 Å². The molecule has 3 heterocycles. The Kier molecular flexibility index (Phi) is 7.63. The Hall–Kier alpha value is -2.91. The number of furan rings is 1. The van der Waals surface area contributed by atoms with E-state index in [1.807, 2.05) is 21.6 Å². The predicted octanol–water partition coefficient (Wildman–Crippen LogP) is 5.44. The number of rotatable bonds is 9. The number of nitrogens with zero attached hydrogens (tertiary/aromatic N) is 4. The molecule has 3 aromatic rings. The van der Waals surface area contributed by atoms with Gasteiger partial charge in [-0.1, -0.05) is 17.8 Å². The van der Waals surface area contributed by atoms with Crippen molar-refractivity contribution in [1.82, 2.24) is 19.7 Å². The van der Waals surface area contributed by atoms with Gasteiger partial charge in [-0.25, -0.2) is 4.39 Å². The number of hydrogen-bond donors (Lipinski definition) is 0. The van der Waals surface area contributed by atoms with Crippen molar-refractivity contribution < 1.29 is 18.3 Å². The number of hydrogen-bond acceptors (Lipinski definition) is 6. The van der Waals surface area contributed by atoms with Crippen molar-refractivity contribution in [2.45, 2.75) is 62.9 Å². The molecule has 1 aliphatic carbocycles. The van der Waals surface area contributed by atoms with Crippen LogP contribution in [0, 0.1) is 5.82 Å². The predicted molar refractivity (Wildman–Crippen MR) is 131 cm³/mol. The van der Waals surface area contributed by atoms with Crippen molar-refractivity contribution in [1.29, 1.82) is 0 Å². The van der Waals surface area contributed by atoms with Crippen LogP contribution in [0.25, 0.3) is 11.4 Å². The molecule has 1 unspecified atom stereocenters. The van der Waals surface area contributed by atoms with E-state index < -0.39 is 0 Å². The summed E-state index contributed by atoms with van der Waals surface area (Å²) in [6.07, 6.45) is 9.97. The molecule has 1 atom stereocenters.